The Morgan fingerprint density at radius 2 is 2.16 bits per heavy atom. The highest BCUT2D eigenvalue weighted by Crippen LogP contribution is 2.22. The highest BCUT2D eigenvalue weighted by atomic mass is 35.5. The van der Waals surface area contributed by atoms with E-state index in [-0.39, 0.29) is 10.0 Å². The monoisotopic (exact) mass is 301 g/mol. The predicted octanol–water partition coefficient (Wildman–Crippen LogP) is 2.85. The molecule has 0 amide bonds. The number of nitrogens with one attached hydrogen (secondary N) is 1. The fourth-order valence-electron chi connectivity index (χ4n) is 1.64. The number of aromatic amines is 1. The van der Waals surface area contributed by atoms with Crippen LogP contribution in [0.25, 0.3) is 0 Å². The molecule has 0 aliphatic carbocycles. The van der Waals surface area contributed by atoms with Crippen LogP contribution in [0.3, 0.4) is 0 Å². The van der Waals surface area contributed by atoms with Crippen LogP contribution in [0.15, 0.2) is 29.2 Å². The van der Waals surface area contributed by atoms with Crippen molar-refractivity contribution >= 4 is 28.9 Å². The highest BCUT2D eigenvalue weighted by molar-refractivity contribution is 6.33. The van der Waals surface area contributed by atoms with Gasteiger partial charge in [0.15, 0.2) is 0 Å². The van der Waals surface area contributed by atoms with Gasteiger partial charge in [-0.1, -0.05) is 29.3 Å². The molecular formula is C12H10Cl2FN3O. The molecule has 1 N–H and O–H groups in total. The van der Waals surface area contributed by atoms with Gasteiger partial charge in [0.2, 0.25) is 0 Å². The average molecular weight is 302 g/mol. The molecule has 100 valence electrons. The molecule has 1 aromatic heterocycles. The minimum Gasteiger partial charge on any atom is -0.368 e. The van der Waals surface area contributed by atoms with Gasteiger partial charge in [0.1, 0.15) is 10.8 Å². The lowest BCUT2D eigenvalue weighted by Gasteiger charge is -2.19. The first-order chi connectivity index (χ1) is 8.99. The van der Waals surface area contributed by atoms with Crippen molar-refractivity contribution in [3.63, 3.8) is 0 Å². The third-order valence-corrected chi connectivity index (χ3v) is 3.26. The van der Waals surface area contributed by atoms with Gasteiger partial charge in [-0.15, -0.1) is 0 Å². The number of H-pyrrole nitrogens is 1. The lowest BCUT2D eigenvalue weighted by molar-refractivity contribution is 0.625. The number of rotatable bonds is 3. The Morgan fingerprint density at radius 1 is 1.42 bits per heavy atom. The van der Waals surface area contributed by atoms with Crippen LogP contribution >= 0.6 is 23.2 Å². The van der Waals surface area contributed by atoms with Crippen molar-refractivity contribution in [1.82, 2.24) is 10.2 Å². The van der Waals surface area contributed by atoms with E-state index in [1.807, 2.05) is 0 Å². The van der Waals surface area contributed by atoms with Gasteiger partial charge in [-0.25, -0.2) is 9.49 Å². The van der Waals surface area contributed by atoms with Crippen molar-refractivity contribution < 1.29 is 4.39 Å². The molecule has 0 atom stereocenters. The van der Waals surface area contributed by atoms with Crippen LogP contribution in [0.5, 0.6) is 0 Å². The molecule has 1 aromatic carbocycles. The van der Waals surface area contributed by atoms with Crippen LogP contribution in [0.2, 0.25) is 10.0 Å². The van der Waals surface area contributed by atoms with Gasteiger partial charge < -0.3 is 4.90 Å². The third-order valence-electron chi connectivity index (χ3n) is 2.59. The summed E-state index contributed by atoms with van der Waals surface area (Å²) in [5.74, 6) is -0.484. The molecular weight excluding hydrogens is 292 g/mol. The molecule has 7 heteroatoms. The normalized spacial score (nSPS) is 10.5. The first-order valence-corrected chi connectivity index (χ1v) is 6.13. The zero-order valence-electron chi connectivity index (χ0n) is 9.95. The maximum Gasteiger partial charge on any atom is 0.285 e. The lowest BCUT2D eigenvalue weighted by atomic mass is 10.2. The summed E-state index contributed by atoms with van der Waals surface area (Å²) in [4.78, 5) is 13.0. The molecule has 4 nitrogen and oxygen atoms in total. The fraction of sp³-hybridized carbons (Fsp3) is 0.167. The van der Waals surface area contributed by atoms with Gasteiger partial charge in [-0.2, -0.15) is 5.10 Å². The lowest BCUT2D eigenvalue weighted by Crippen LogP contribution is -2.21. The Balaban J connectivity index is 2.25. The molecule has 0 aliphatic rings. The Labute approximate surface area is 118 Å². The van der Waals surface area contributed by atoms with Crippen molar-refractivity contribution in [2.24, 2.45) is 0 Å². The molecule has 2 aromatic rings. The second kappa shape index (κ2) is 5.59. The molecule has 0 saturated heterocycles. The van der Waals surface area contributed by atoms with Gasteiger partial charge in [0.25, 0.3) is 5.56 Å². The van der Waals surface area contributed by atoms with Crippen molar-refractivity contribution in [1.29, 1.82) is 0 Å². The summed E-state index contributed by atoms with van der Waals surface area (Å²) in [5.41, 5.74) is 0.717. The van der Waals surface area contributed by atoms with E-state index in [4.69, 9.17) is 23.2 Å². The Morgan fingerprint density at radius 3 is 2.84 bits per heavy atom. The summed E-state index contributed by atoms with van der Waals surface area (Å²) in [6.07, 6.45) is 1.44. The van der Waals surface area contributed by atoms with E-state index in [2.05, 4.69) is 10.2 Å². The number of hydrogen-bond acceptors (Lipinski definition) is 3. The predicted molar refractivity (Wildman–Crippen MR) is 73.4 cm³/mol. The van der Waals surface area contributed by atoms with Crippen LogP contribution < -0.4 is 10.5 Å². The van der Waals surface area contributed by atoms with E-state index in [1.54, 1.807) is 18.0 Å². The van der Waals surface area contributed by atoms with Gasteiger partial charge in [-0.3, -0.25) is 4.79 Å². The van der Waals surface area contributed by atoms with Crippen LogP contribution in [0.1, 0.15) is 5.56 Å². The quantitative estimate of drug-likeness (QED) is 0.948. The smallest absolute Gasteiger partial charge is 0.285 e. The Bertz CT molecular complexity index is 660. The SMILES string of the molecule is CN(Cc1ccc(Cl)c(F)c1)c1cn[nH]c(=O)c1Cl. The van der Waals surface area contributed by atoms with Crippen molar-refractivity contribution in [3.8, 4) is 0 Å². The summed E-state index contributed by atoms with van der Waals surface area (Å²) in [6.45, 7) is 0.374. The molecule has 0 unspecified atom stereocenters. The van der Waals surface area contributed by atoms with Gasteiger partial charge in [0, 0.05) is 13.6 Å². The van der Waals surface area contributed by atoms with E-state index in [1.165, 1.54) is 18.3 Å². The van der Waals surface area contributed by atoms with E-state index in [0.717, 1.165) is 0 Å². The average Bonchev–Trinajstić information content (AvgIpc) is 2.37. The van der Waals surface area contributed by atoms with Crippen molar-refractivity contribution in [2.45, 2.75) is 6.54 Å². The number of hydrogen-bond donors (Lipinski definition) is 1. The fourth-order valence-corrected chi connectivity index (χ4v) is 1.99. The van der Waals surface area contributed by atoms with Crippen LogP contribution in [0.4, 0.5) is 10.1 Å². The molecule has 0 radical (unpaired) electrons. The van der Waals surface area contributed by atoms with Gasteiger partial charge in [-0.05, 0) is 17.7 Å². The summed E-state index contributed by atoms with van der Waals surface area (Å²) in [7, 11) is 1.73. The third kappa shape index (κ3) is 3.05. The van der Waals surface area contributed by atoms with E-state index < -0.39 is 11.4 Å². The zero-order chi connectivity index (χ0) is 14.0. The Hall–Kier alpha value is -1.59. The Kier molecular flexibility index (Phi) is 4.07. The number of nitrogens with zero attached hydrogens (tertiary/aromatic N) is 2. The van der Waals surface area contributed by atoms with E-state index in [9.17, 15) is 9.18 Å². The van der Waals surface area contributed by atoms with Crippen LogP contribution in [-0.4, -0.2) is 17.2 Å². The minimum absolute atomic E-state index is 0.0481. The van der Waals surface area contributed by atoms with Crippen molar-refractivity contribution in [2.75, 3.05) is 11.9 Å². The number of halogens is 3. The molecule has 1 heterocycles. The van der Waals surface area contributed by atoms with Crippen LogP contribution in [-0.2, 0) is 6.54 Å². The standard InChI is InChI=1S/C12H10Cl2FN3O/c1-18(10-5-16-17-12(19)11(10)14)6-7-2-3-8(13)9(15)4-7/h2-5H,6H2,1H3,(H,17,19). The molecule has 0 aliphatic heterocycles. The highest BCUT2D eigenvalue weighted by Gasteiger charge is 2.11. The molecule has 0 spiro atoms. The number of aromatic nitrogens is 2. The maximum atomic E-state index is 13.3. The molecule has 2 rings (SSSR count). The minimum atomic E-state index is -0.484. The zero-order valence-corrected chi connectivity index (χ0v) is 11.5. The van der Waals surface area contributed by atoms with Gasteiger partial charge >= 0.3 is 0 Å². The first kappa shape index (κ1) is 13.8. The molecule has 19 heavy (non-hydrogen) atoms. The summed E-state index contributed by atoms with van der Waals surface area (Å²) in [5, 5.41) is 6.03. The van der Waals surface area contributed by atoms with Crippen molar-refractivity contribution in [3.05, 3.63) is 56.2 Å². The first-order valence-electron chi connectivity index (χ1n) is 5.37. The van der Waals surface area contributed by atoms with Gasteiger partial charge in [0.05, 0.1) is 16.9 Å². The summed E-state index contributed by atoms with van der Waals surface area (Å²) in [6, 6.07) is 4.53. The number of anilines is 1. The summed E-state index contributed by atoms with van der Waals surface area (Å²) >= 11 is 11.5. The maximum absolute atomic E-state index is 13.3. The van der Waals surface area contributed by atoms with E-state index >= 15 is 0 Å². The molecule has 0 bridgehead atoms. The van der Waals surface area contributed by atoms with Crippen LogP contribution in [0, 0.1) is 5.82 Å². The molecule has 0 fully saturated rings. The molecule has 0 saturated carbocycles. The summed E-state index contributed by atoms with van der Waals surface area (Å²) < 4.78 is 13.3. The van der Waals surface area contributed by atoms with E-state index in [0.29, 0.717) is 17.8 Å². The second-order valence-electron chi connectivity index (χ2n) is 4.00. The number of benzene rings is 1. The largest absolute Gasteiger partial charge is 0.368 e. The topological polar surface area (TPSA) is 49.0 Å². The second-order valence-corrected chi connectivity index (χ2v) is 4.79.